The van der Waals surface area contributed by atoms with E-state index >= 15 is 0 Å². The van der Waals surface area contributed by atoms with Crippen molar-refractivity contribution in [3.8, 4) is 23.0 Å². The van der Waals surface area contributed by atoms with Crippen LogP contribution in [0.1, 0.15) is 37.5 Å². The number of aromatic hydroxyl groups is 1. The smallest absolute Gasteiger partial charge is 0.308 e. The van der Waals surface area contributed by atoms with Crippen molar-refractivity contribution in [2.75, 3.05) is 0 Å². The van der Waals surface area contributed by atoms with Crippen LogP contribution in [0.5, 0.6) is 23.0 Å². The molecule has 0 radical (unpaired) electrons. The summed E-state index contributed by atoms with van der Waals surface area (Å²) in [5.74, 6) is 0.448. The zero-order valence-electron chi connectivity index (χ0n) is 13.9. The van der Waals surface area contributed by atoms with Gasteiger partial charge in [-0.25, -0.2) is 0 Å². The molecule has 1 heterocycles. The third kappa shape index (κ3) is 3.91. The summed E-state index contributed by atoms with van der Waals surface area (Å²) in [5, 5.41) is 9.65. The zero-order chi connectivity index (χ0) is 18.0. The van der Waals surface area contributed by atoms with E-state index in [-0.39, 0.29) is 17.6 Å². The molecule has 1 atom stereocenters. The minimum atomic E-state index is -0.472. The molecule has 25 heavy (non-hydrogen) atoms. The molecule has 130 valence electrons. The van der Waals surface area contributed by atoms with Gasteiger partial charge in [0.05, 0.1) is 0 Å². The van der Waals surface area contributed by atoms with Gasteiger partial charge in [-0.3, -0.25) is 9.59 Å². The molecule has 6 heteroatoms. The van der Waals surface area contributed by atoms with Crippen LogP contribution in [0.25, 0.3) is 0 Å². The van der Waals surface area contributed by atoms with E-state index in [0.29, 0.717) is 23.5 Å². The molecule has 0 amide bonds. The van der Waals surface area contributed by atoms with Gasteiger partial charge in [-0.15, -0.1) is 0 Å². The summed E-state index contributed by atoms with van der Waals surface area (Å²) in [6.45, 7) is 2.64. The van der Waals surface area contributed by atoms with Crippen LogP contribution in [0.3, 0.4) is 0 Å². The minimum Gasteiger partial charge on any atom is -0.508 e. The molecular formula is C19H18O6. The fraction of sp³-hybridized carbons (Fsp3) is 0.263. The van der Waals surface area contributed by atoms with Gasteiger partial charge in [-0.1, -0.05) is 6.07 Å². The van der Waals surface area contributed by atoms with Crippen molar-refractivity contribution in [2.24, 2.45) is 0 Å². The highest BCUT2D eigenvalue weighted by molar-refractivity contribution is 5.70. The molecule has 0 fully saturated rings. The summed E-state index contributed by atoms with van der Waals surface area (Å²) < 4.78 is 16.3. The summed E-state index contributed by atoms with van der Waals surface area (Å²) in [4.78, 5) is 22.4. The number of phenols is 1. The number of esters is 2. The predicted octanol–water partition coefficient (Wildman–Crippen LogP) is 3.31. The Bertz CT molecular complexity index is 827. The number of fused-ring (bicyclic) bond motifs is 1. The van der Waals surface area contributed by atoms with Gasteiger partial charge in [0.15, 0.2) is 0 Å². The van der Waals surface area contributed by atoms with E-state index in [1.807, 2.05) is 6.07 Å². The van der Waals surface area contributed by atoms with Gasteiger partial charge in [-0.2, -0.15) is 0 Å². The Morgan fingerprint density at radius 2 is 1.84 bits per heavy atom. The van der Waals surface area contributed by atoms with Gasteiger partial charge < -0.3 is 19.3 Å². The molecule has 0 saturated heterocycles. The number of hydrogen-bond acceptors (Lipinski definition) is 6. The summed E-state index contributed by atoms with van der Waals surface area (Å²) >= 11 is 0. The van der Waals surface area contributed by atoms with E-state index < -0.39 is 11.9 Å². The maximum Gasteiger partial charge on any atom is 0.308 e. The van der Waals surface area contributed by atoms with Crippen molar-refractivity contribution in [3.05, 3.63) is 47.5 Å². The molecule has 1 N–H and O–H groups in total. The molecule has 0 spiro atoms. The number of carbonyl (C=O) groups is 2. The van der Waals surface area contributed by atoms with Crippen LogP contribution in [0, 0.1) is 0 Å². The average Bonchev–Trinajstić information content (AvgIpc) is 2.53. The largest absolute Gasteiger partial charge is 0.508 e. The third-order valence-electron chi connectivity index (χ3n) is 3.84. The van der Waals surface area contributed by atoms with Gasteiger partial charge in [0.25, 0.3) is 0 Å². The number of ether oxygens (including phenoxy) is 3. The average molecular weight is 342 g/mol. The molecule has 3 rings (SSSR count). The molecule has 1 aliphatic heterocycles. The first kappa shape index (κ1) is 16.8. The number of benzene rings is 2. The summed E-state index contributed by atoms with van der Waals surface area (Å²) in [6.07, 6.45) is 1.12. The number of hydrogen-bond donors (Lipinski definition) is 1. The van der Waals surface area contributed by atoms with Crippen LogP contribution in [-0.4, -0.2) is 17.0 Å². The molecule has 1 aliphatic rings. The van der Waals surface area contributed by atoms with Crippen LogP contribution in [-0.2, 0) is 16.0 Å². The maximum atomic E-state index is 11.3. The fourth-order valence-corrected chi connectivity index (χ4v) is 2.83. The van der Waals surface area contributed by atoms with E-state index in [4.69, 9.17) is 14.2 Å². The number of carbonyl (C=O) groups excluding carboxylic acids is 2. The lowest BCUT2D eigenvalue weighted by Gasteiger charge is -2.27. The van der Waals surface area contributed by atoms with Crippen molar-refractivity contribution < 1.29 is 28.9 Å². The molecule has 0 aliphatic carbocycles. The quantitative estimate of drug-likeness (QED) is 0.681. The highest BCUT2D eigenvalue weighted by Crippen LogP contribution is 2.40. The lowest BCUT2D eigenvalue weighted by Crippen LogP contribution is -2.17. The zero-order valence-corrected chi connectivity index (χ0v) is 13.9. The Hall–Kier alpha value is -3.02. The van der Waals surface area contributed by atoms with E-state index in [1.165, 1.54) is 26.0 Å². The van der Waals surface area contributed by atoms with Crippen LogP contribution in [0.4, 0.5) is 0 Å². The number of aryl methyl sites for hydroxylation is 1. The van der Waals surface area contributed by atoms with E-state index in [9.17, 15) is 14.7 Å². The Labute approximate surface area is 144 Å². The van der Waals surface area contributed by atoms with Crippen LogP contribution >= 0.6 is 0 Å². The minimum absolute atomic E-state index is 0.00774. The summed E-state index contributed by atoms with van der Waals surface area (Å²) in [5.41, 5.74) is 1.69. The van der Waals surface area contributed by atoms with Gasteiger partial charge in [-0.05, 0) is 36.6 Å². The molecular weight excluding hydrogens is 324 g/mol. The van der Waals surface area contributed by atoms with Crippen LogP contribution in [0.15, 0.2) is 36.4 Å². The van der Waals surface area contributed by atoms with Crippen molar-refractivity contribution in [3.63, 3.8) is 0 Å². The van der Waals surface area contributed by atoms with Gasteiger partial charge in [0, 0.05) is 31.5 Å². The predicted molar refractivity (Wildman–Crippen MR) is 88.9 cm³/mol. The number of phenolic OH excluding ortho intramolecular Hbond substituents is 1. The topological polar surface area (TPSA) is 82.1 Å². The van der Waals surface area contributed by atoms with E-state index in [1.54, 1.807) is 18.2 Å². The highest BCUT2D eigenvalue weighted by atomic mass is 16.5. The normalized spacial score (nSPS) is 15.7. The first-order valence-corrected chi connectivity index (χ1v) is 7.91. The Kier molecular flexibility index (Phi) is 4.61. The summed E-state index contributed by atoms with van der Waals surface area (Å²) in [7, 11) is 0. The number of rotatable bonds is 3. The van der Waals surface area contributed by atoms with Crippen LogP contribution < -0.4 is 14.2 Å². The molecule has 2 aromatic rings. The summed E-state index contributed by atoms with van der Waals surface area (Å²) in [6, 6.07) is 9.87. The Morgan fingerprint density at radius 1 is 1.08 bits per heavy atom. The first-order valence-electron chi connectivity index (χ1n) is 7.91. The van der Waals surface area contributed by atoms with Gasteiger partial charge >= 0.3 is 11.9 Å². The third-order valence-corrected chi connectivity index (χ3v) is 3.84. The van der Waals surface area contributed by atoms with Crippen molar-refractivity contribution in [2.45, 2.75) is 32.8 Å². The lowest BCUT2D eigenvalue weighted by molar-refractivity contribution is -0.132. The molecule has 0 bridgehead atoms. The second-order valence-electron chi connectivity index (χ2n) is 5.82. The molecule has 0 saturated carbocycles. The highest BCUT2D eigenvalue weighted by Gasteiger charge is 2.25. The first-order chi connectivity index (χ1) is 11.9. The van der Waals surface area contributed by atoms with Crippen LogP contribution in [0.2, 0.25) is 0 Å². The maximum absolute atomic E-state index is 11.3. The molecule has 6 nitrogen and oxygen atoms in total. The molecule has 2 aromatic carbocycles. The molecule has 0 aromatic heterocycles. The van der Waals surface area contributed by atoms with Crippen molar-refractivity contribution >= 4 is 11.9 Å². The Balaban J connectivity index is 1.89. The molecule has 1 unspecified atom stereocenters. The van der Waals surface area contributed by atoms with E-state index in [2.05, 4.69) is 0 Å². The lowest BCUT2D eigenvalue weighted by atomic mass is 9.96. The fourth-order valence-electron chi connectivity index (χ4n) is 2.83. The second-order valence-corrected chi connectivity index (χ2v) is 5.82. The SMILES string of the molecule is CC(=O)Oc1ccc2c(c1)OC(c1ccc(O)cc1OC(C)=O)CC2. The van der Waals surface area contributed by atoms with Gasteiger partial charge in [0.1, 0.15) is 29.1 Å². The monoisotopic (exact) mass is 342 g/mol. The van der Waals surface area contributed by atoms with Gasteiger partial charge in [0.2, 0.25) is 0 Å². The second kappa shape index (κ2) is 6.84. The Morgan fingerprint density at radius 3 is 2.56 bits per heavy atom. The van der Waals surface area contributed by atoms with Crippen molar-refractivity contribution in [1.29, 1.82) is 0 Å². The standard InChI is InChI=1S/C19H18O6/c1-11(20)23-15-6-3-13-4-8-17(25-18(13)10-15)16-7-5-14(22)9-19(16)24-12(2)21/h3,5-7,9-10,17,22H,4,8H2,1-2H3. The van der Waals surface area contributed by atoms with E-state index in [0.717, 1.165) is 12.0 Å². The van der Waals surface area contributed by atoms with Crippen molar-refractivity contribution in [1.82, 2.24) is 0 Å².